The van der Waals surface area contributed by atoms with Crippen LogP contribution < -0.4 is 0 Å². The molecule has 2 heterocycles. The highest BCUT2D eigenvalue weighted by atomic mass is 35.5. The zero-order valence-electron chi connectivity index (χ0n) is 15.9. The lowest BCUT2D eigenvalue weighted by Gasteiger charge is -2.29. The highest BCUT2D eigenvalue weighted by Gasteiger charge is 2.24. The maximum atomic E-state index is 13.2. The molecule has 4 nitrogen and oxygen atoms in total. The van der Waals surface area contributed by atoms with Crippen molar-refractivity contribution in [2.75, 3.05) is 6.54 Å². The molecule has 6 heteroatoms. The van der Waals surface area contributed by atoms with Crippen molar-refractivity contribution < 1.29 is 9.18 Å². The van der Waals surface area contributed by atoms with Crippen molar-refractivity contribution in [3.63, 3.8) is 0 Å². The fourth-order valence-corrected chi connectivity index (χ4v) is 3.87. The fourth-order valence-electron chi connectivity index (χ4n) is 3.66. The Kier molecular flexibility index (Phi) is 5.86. The van der Waals surface area contributed by atoms with Crippen LogP contribution in [0.4, 0.5) is 4.39 Å². The first-order valence-corrected chi connectivity index (χ1v) is 10.0. The summed E-state index contributed by atoms with van der Waals surface area (Å²) in [5.74, 6) is -0.137. The van der Waals surface area contributed by atoms with Gasteiger partial charge in [-0.15, -0.1) is 0 Å². The first-order valence-electron chi connectivity index (χ1n) is 9.67. The van der Waals surface area contributed by atoms with Gasteiger partial charge in [-0.05, 0) is 41.8 Å². The van der Waals surface area contributed by atoms with E-state index in [1.165, 1.54) is 12.1 Å². The van der Waals surface area contributed by atoms with Gasteiger partial charge in [-0.3, -0.25) is 4.79 Å². The molecule has 0 unspecified atom stereocenters. The third-order valence-corrected chi connectivity index (χ3v) is 5.48. The monoisotopic (exact) mass is 409 g/mol. The Hall–Kier alpha value is -2.79. The Morgan fingerprint density at radius 2 is 1.93 bits per heavy atom. The molecule has 3 aromatic rings. The first-order chi connectivity index (χ1) is 14.1. The van der Waals surface area contributed by atoms with E-state index in [0.717, 1.165) is 34.5 Å². The summed E-state index contributed by atoms with van der Waals surface area (Å²) in [6.45, 7) is 1.18. The lowest BCUT2D eigenvalue weighted by Crippen LogP contribution is -2.37. The molecule has 0 radical (unpaired) electrons. The van der Waals surface area contributed by atoms with Crippen molar-refractivity contribution in [1.29, 1.82) is 0 Å². The molecule has 0 bridgehead atoms. The minimum absolute atomic E-state index is 0.118. The third-order valence-electron chi connectivity index (χ3n) is 5.25. The topological polar surface area (TPSA) is 46.1 Å². The summed E-state index contributed by atoms with van der Waals surface area (Å²) in [7, 11) is 0. The summed E-state index contributed by atoms with van der Waals surface area (Å²) in [4.78, 5) is 23.5. The smallest absolute Gasteiger partial charge is 0.223 e. The second-order valence-electron chi connectivity index (χ2n) is 7.24. The van der Waals surface area contributed by atoms with Gasteiger partial charge in [0.1, 0.15) is 12.1 Å². The van der Waals surface area contributed by atoms with E-state index in [-0.39, 0.29) is 11.7 Å². The van der Waals surface area contributed by atoms with Crippen molar-refractivity contribution >= 4 is 17.5 Å². The quantitative estimate of drug-likeness (QED) is 0.628. The Morgan fingerprint density at radius 1 is 1.10 bits per heavy atom. The Labute approximate surface area is 174 Å². The van der Waals surface area contributed by atoms with E-state index in [9.17, 15) is 9.18 Å². The van der Waals surface area contributed by atoms with E-state index < -0.39 is 0 Å². The molecule has 148 valence electrons. The summed E-state index contributed by atoms with van der Waals surface area (Å²) in [6, 6.07) is 14.0. The minimum atomic E-state index is -0.255. The van der Waals surface area contributed by atoms with Crippen LogP contribution in [0.15, 0.2) is 54.9 Å². The molecule has 1 aliphatic rings. The fraction of sp³-hybridized carbons (Fsp3) is 0.261. The number of carbonyl (C=O) groups excluding carboxylic acids is 1. The van der Waals surface area contributed by atoms with Gasteiger partial charge in [0.15, 0.2) is 0 Å². The van der Waals surface area contributed by atoms with E-state index in [2.05, 4.69) is 9.97 Å². The van der Waals surface area contributed by atoms with Crippen LogP contribution in [0.5, 0.6) is 0 Å². The Bertz CT molecular complexity index is 1020. The van der Waals surface area contributed by atoms with E-state index in [4.69, 9.17) is 11.6 Å². The van der Waals surface area contributed by atoms with Crippen molar-refractivity contribution in [2.24, 2.45) is 0 Å². The van der Waals surface area contributed by atoms with Crippen LogP contribution in [0.3, 0.4) is 0 Å². The number of benzene rings is 2. The number of carbonyl (C=O) groups is 1. The average Bonchev–Trinajstić information content (AvgIpc) is 2.73. The van der Waals surface area contributed by atoms with E-state index >= 15 is 0 Å². The van der Waals surface area contributed by atoms with E-state index in [0.29, 0.717) is 37.4 Å². The summed E-state index contributed by atoms with van der Waals surface area (Å²) in [5, 5.41) is 0.685. The lowest BCUT2D eigenvalue weighted by atomic mass is 9.99. The van der Waals surface area contributed by atoms with Crippen molar-refractivity contribution in [3.05, 3.63) is 93.8 Å². The molecule has 1 amide bonds. The van der Waals surface area contributed by atoms with Crippen LogP contribution in [0.25, 0.3) is 0 Å². The molecular weight excluding hydrogens is 389 g/mol. The van der Waals surface area contributed by atoms with Crippen molar-refractivity contribution in [1.82, 2.24) is 14.9 Å². The number of amides is 1. The Morgan fingerprint density at radius 3 is 2.72 bits per heavy atom. The second kappa shape index (κ2) is 8.70. The number of rotatable bonds is 5. The number of aryl methyl sites for hydroxylation is 1. The summed E-state index contributed by atoms with van der Waals surface area (Å²) in [6.07, 6.45) is 3.99. The SMILES string of the molecule is O=C(CCc1cccc(Cl)c1)N1CCc2ncnc(Cc3ccc(F)cc3)c2C1. The van der Waals surface area contributed by atoms with Gasteiger partial charge in [0.2, 0.25) is 5.91 Å². The molecule has 1 aromatic heterocycles. The van der Waals surface area contributed by atoms with Crippen molar-refractivity contribution in [3.8, 4) is 0 Å². The molecule has 0 atom stereocenters. The predicted octanol–water partition coefficient (Wildman–Crippen LogP) is 4.38. The standard InChI is InChI=1S/C23H21ClFN3O/c24-18-3-1-2-16(12-18)6-9-23(29)28-11-10-21-20(14-28)22(27-15-26-21)13-17-4-7-19(25)8-5-17/h1-5,7-8,12,15H,6,9-11,13-14H2. The average molecular weight is 410 g/mol. The molecular formula is C23H21ClFN3O. The molecule has 29 heavy (non-hydrogen) atoms. The Balaban J connectivity index is 1.45. The third kappa shape index (κ3) is 4.80. The van der Waals surface area contributed by atoms with Crippen LogP contribution in [0.2, 0.25) is 5.02 Å². The zero-order valence-corrected chi connectivity index (χ0v) is 16.7. The van der Waals surface area contributed by atoms with Crippen LogP contribution in [0.1, 0.15) is 34.5 Å². The van der Waals surface area contributed by atoms with Crippen LogP contribution in [-0.2, 0) is 30.6 Å². The van der Waals surface area contributed by atoms with E-state index in [1.807, 2.05) is 29.2 Å². The maximum absolute atomic E-state index is 13.2. The molecule has 4 rings (SSSR count). The second-order valence-corrected chi connectivity index (χ2v) is 7.68. The number of fused-ring (bicyclic) bond motifs is 1. The molecule has 2 aromatic carbocycles. The van der Waals surface area contributed by atoms with Crippen LogP contribution >= 0.6 is 11.6 Å². The van der Waals surface area contributed by atoms with Gasteiger partial charge in [0.05, 0.1) is 11.4 Å². The summed E-state index contributed by atoms with van der Waals surface area (Å²) in [5.41, 5.74) is 4.95. The molecule has 1 aliphatic heterocycles. The van der Waals surface area contributed by atoms with Gasteiger partial charge >= 0.3 is 0 Å². The van der Waals surface area contributed by atoms with Crippen molar-refractivity contribution in [2.45, 2.75) is 32.2 Å². The summed E-state index contributed by atoms with van der Waals surface area (Å²) >= 11 is 6.03. The zero-order chi connectivity index (χ0) is 20.2. The molecule has 0 aliphatic carbocycles. The summed E-state index contributed by atoms with van der Waals surface area (Å²) < 4.78 is 13.2. The van der Waals surface area contributed by atoms with Crippen LogP contribution in [0, 0.1) is 5.82 Å². The number of hydrogen-bond donors (Lipinski definition) is 0. The first kappa shape index (κ1) is 19.5. The number of aromatic nitrogens is 2. The lowest BCUT2D eigenvalue weighted by molar-refractivity contribution is -0.132. The largest absolute Gasteiger partial charge is 0.338 e. The maximum Gasteiger partial charge on any atom is 0.223 e. The van der Waals surface area contributed by atoms with Gasteiger partial charge in [-0.25, -0.2) is 14.4 Å². The molecule has 0 saturated carbocycles. The highest BCUT2D eigenvalue weighted by Crippen LogP contribution is 2.23. The van der Waals surface area contributed by atoms with Crippen LogP contribution in [-0.4, -0.2) is 27.3 Å². The van der Waals surface area contributed by atoms with Gasteiger partial charge in [0, 0.05) is 42.9 Å². The number of nitrogens with zero attached hydrogens (tertiary/aromatic N) is 3. The molecule has 0 fully saturated rings. The van der Waals surface area contributed by atoms with Gasteiger partial charge in [0.25, 0.3) is 0 Å². The van der Waals surface area contributed by atoms with E-state index in [1.54, 1.807) is 18.5 Å². The molecule has 0 spiro atoms. The van der Waals surface area contributed by atoms with Gasteiger partial charge < -0.3 is 4.90 Å². The molecule has 0 N–H and O–H groups in total. The predicted molar refractivity (Wildman–Crippen MR) is 110 cm³/mol. The minimum Gasteiger partial charge on any atom is -0.338 e. The number of hydrogen-bond acceptors (Lipinski definition) is 3. The normalized spacial score (nSPS) is 13.2. The van der Waals surface area contributed by atoms with Gasteiger partial charge in [-0.1, -0.05) is 35.9 Å². The highest BCUT2D eigenvalue weighted by molar-refractivity contribution is 6.30. The van der Waals surface area contributed by atoms with Gasteiger partial charge in [-0.2, -0.15) is 0 Å². The number of halogens is 2. The molecule has 0 saturated heterocycles.